The number of hydrogen-bond acceptors (Lipinski definition) is 6. The zero-order valence-electron chi connectivity index (χ0n) is 19.7. The van der Waals surface area contributed by atoms with Crippen LogP contribution in [0.25, 0.3) is 0 Å². The molecule has 10 heteroatoms. The van der Waals surface area contributed by atoms with E-state index in [1.165, 1.54) is 25.2 Å². The number of benzene rings is 3. The van der Waals surface area contributed by atoms with Gasteiger partial charge in [-0.05, 0) is 60.5 Å². The Morgan fingerprint density at radius 2 is 1.71 bits per heavy atom. The lowest BCUT2D eigenvalue weighted by molar-refractivity contribution is 0.153. The van der Waals surface area contributed by atoms with Gasteiger partial charge in [-0.2, -0.15) is 8.42 Å². The smallest absolute Gasteiger partial charge is 0.339 e. The van der Waals surface area contributed by atoms with E-state index in [1.54, 1.807) is 18.2 Å². The summed E-state index contributed by atoms with van der Waals surface area (Å²) in [6.07, 6.45) is 0. The van der Waals surface area contributed by atoms with Crippen LogP contribution >= 0.6 is 0 Å². The minimum atomic E-state index is -4.24. The predicted molar refractivity (Wildman–Crippen MR) is 130 cm³/mol. The lowest BCUT2D eigenvalue weighted by Crippen LogP contribution is -2.37. The molecular formula is C25H27FN2O6S. The van der Waals surface area contributed by atoms with Crippen molar-refractivity contribution < 1.29 is 31.3 Å². The zero-order valence-corrected chi connectivity index (χ0v) is 20.5. The second-order valence-electron chi connectivity index (χ2n) is 7.64. The van der Waals surface area contributed by atoms with Crippen molar-refractivity contribution >= 4 is 21.8 Å². The first-order valence-electron chi connectivity index (χ1n) is 10.7. The molecule has 0 unspecified atom stereocenters. The largest absolute Gasteiger partial charge is 0.493 e. The maximum atomic E-state index is 13.2. The minimum absolute atomic E-state index is 0.0553. The van der Waals surface area contributed by atoms with Crippen LogP contribution in [0.5, 0.6) is 11.5 Å². The van der Waals surface area contributed by atoms with Crippen LogP contribution in [0, 0.1) is 12.7 Å². The van der Waals surface area contributed by atoms with Gasteiger partial charge in [0.15, 0.2) is 11.5 Å². The number of amides is 2. The first-order valence-corrected chi connectivity index (χ1v) is 12.1. The van der Waals surface area contributed by atoms with Crippen molar-refractivity contribution in [1.29, 1.82) is 0 Å². The van der Waals surface area contributed by atoms with Crippen molar-refractivity contribution in [2.45, 2.75) is 18.4 Å². The molecule has 0 aliphatic heterocycles. The van der Waals surface area contributed by atoms with Gasteiger partial charge in [-0.15, -0.1) is 0 Å². The maximum absolute atomic E-state index is 13.2. The number of ether oxygens (including phenoxy) is 2. The average molecular weight is 503 g/mol. The Morgan fingerprint density at radius 1 is 1.00 bits per heavy atom. The number of carbonyl (C=O) groups is 1. The molecule has 3 aromatic carbocycles. The Morgan fingerprint density at radius 3 is 2.37 bits per heavy atom. The highest BCUT2D eigenvalue weighted by Gasteiger charge is 2.21. The van der Waals surface area contributed by atoms with Crippen molar-refractivity contribution in [1.82, 2.24) is 4.90 Å². The fraction of sp³-hybridized carbons (Fsp3) is 0.240. The van der Waals surface area contributed by atoms with Gasteiger partial charge in [0.1, 0.15) is 10.7 Å². The second kappa shape index (κ2) is 11.7. The van der Waals surface area contributed by atoms with Crippen LogP contribution in [0.2, 0.25) is 0 Å². The van der Waals surface area contributed by atoms with Crippen LogP contribution in [-0.2, 0) is 21.4 Å². The number of anilines is 1. The molecule has 0 saturated heterocycles. The molecule has 1 N–H and O–H groups in total. The van der Waals surface area contributed by atoms with Crippen LogP contribution in [0.3, 0.4) is 0 Å². The monoisotopic (exact) mass is 502 g/mol. The Bertz CT molecular complexity index is 1270. The summed E-state index contributed by atoms with van der Waals surface area (Å²) >= 11 is 0. The molecule has 0 aromatic heterocycles. The lowest BCUT2D eigenvalue weighted by Gasteiger charge is -2.24. The van der Waals surface area contributed by atoms with E-state index >= 15 is 0 Å². The van der Waals surface area contributed by atoms with E-state index in [4.69, 9.17) is 13.7 Å². The molecule has 3 aromatic rings. The third-order valence-electron chi connectivity index (χ3n) is 5.14. The van der Waals surface area contributed by atoms with Crippen LogP contribution in [0.15, 0.2) is 71.6 Å². The van der Waals surface area contributed by atoms with Gasteiger partial charge < -0.3 is 23.9 Å². The maximum Gasteiger partial charge on any atom is 0.339 e. The SMILES string of the molecule is COCCN(Cc1ccc(OC)c(OS(=O)(=O)c2ccc(F)cc2)c1)C(=O)Nc1ccccc1C. The molecule has 35 heavy (non-hydrogen) atoms. The average Bonchev–Trinajstić information content (AvgIpc) is 2.83. The quantitative estimate of drug-likeness (QED) is 0.408. The van der Waals surface area contributed by atoms with Crippen LogP contribution in [-0.4, -0.2) is 46.7 Å². The van der Waals surface area contributed by atoms with Crippen LogP contribution in [0.4, 0.5) is 14.9 Å². The number of methoxy groups -OCH3 is 2. The number of halogens is 1. The summed E-state index contributed by atoms with van der Waals surface area (Å²) in [7, 11) is -1.32. The third-order valence-corrected chi connectivity index (χ3v) is 6.39. The highest BCUT2D eigenvalue weighted by molar-refractivity contribution is 7.87. The normalized spacial score (nSPS) is 11.1. The third kappa shape index (κ3) is 6.93. The summed E-state index contributed by atoms with van der Waals surface area (Å²) in [5.41, 5.74) is 2.20. The number of nitrogens with one attached hydrogen (secondary N) is 1. The first kappa shape index (κ1) is 26.0. The van der Waals surface area contributed by atoms with E-state index in [2.05, 4.69) is 5.32 Å². The Hall–Kier alpha value is -3.63. The Kier molecular flexibility index (Phi) is 8.67. The van der Waals surface area contributed by atoms with E-state index in [0.29, 0.717) is 24.4 Å². The van der Waals surface area contributed by atoms with Gasteiger partial charge in [0.2, 0.25) is 0 Å². The molecule has 8 nitrogen and oxygen atoms in total. The lowest BCUT2D eigenvalue weighted by atomic mass is 10.2. The van der Waals surface area contributed by atoms with Crippen LogP contribution < -0.4 is 14.2 Å². The molecule has 0 radical (unpaired) electrons. The molecule has 0 spiro atoms. The Labute approximate surface area is 204 Å². The molecule has 0 bridgehead atoms. The standard InChI is InChI=1S/C25H27FN2O6S/c1-18-6-4-5-7-22(18)27-25(29)28(14-15-32-2)17-19-8-13-23(33-3)24(16-19)34-35(30,31)21-11-9-20(26)10-12-21/h4-13,16H,14-15,17H2,1-3H3,(H,27,29). The van der Waals surface area contributed by atoms with E-state index in [9.17, 15) is 17.6 Å². The van der Waals surface area contributed by atoms with Crippen molar-refractivity contribution in [3.05, 3.63) is 83.7 Å². The summed E-state index contributed by atoms with van der Waals surface area (Å²) < 4.78 is 54.3. The first-order chi connectivity index (χ1) is 16.7. The van der Waals surface area contributed by atoms with Crippen molar-refractivity contribution in [2.75, 3.05) is 32.7 Å². The Balaban J connectivity index is 1.84. The number of urea groups is 1. The minimum Gasteiger partial charge on any atom is -0.493 e. The number of para-hydroxylation sites is 1. The summed E-state index contributed by atoms with van der Waals surface area (Å²) in [6.45, 7) is 2.64. The molecule has 0 saturated carbocycles. The van der Waals surface area contributed by atoms with Gasteiger partial charge in [0.05, 0.1) is 13.7 Å². The summed E-state index contributed by atoms with van der Waals surface area (Å²) in [5.74, 6) is -0.434. The van der Waals surface area contributed by atoms with Crippen LogP contribution in [0.1, 0.15) is 11.1 Å². The van der Waals surface area contributed by atoms with Gasteiger partial charge in [-0.25, -0.2) is 9.18 Å². The summed E-state index contributed by atoms with van der Waals surface area (Å²) in [6, 6.07) is 16.1. The van der Waals surface area contributed by atoms with Gasteiger partial charge in [0, 0.05) is 25.9 Å². The molecule has 0 heterocycles. The highest BCUT2D eigenvalue weighted by atomic mass is 32.2. The van der Waals surface area contributed by atoms with E-state index < -0.39 is 15.9 Å². The van der Waals surface area contributed by atoms with E-state index in [-0.39, 0.29) is 29.0 Å². The number of aryl methyl sites for hydroxylation is 1. The fourth-order valence-corrected chi connectivity index (χ4v) is 4.17. The number of rotatable bonds is 10. The van der Waals surface area contributed by atoms with Gasteiger partial charge in [0.25, 0.3) is 0 Å². The summed E-state index contributed by atoms with van der Waals surface area (Å²) in [5, 5.41) is 2.89. The van der Waals surface area contributed by atoms with Gasteiger partial charge in [-0.1, -0.05) is 24.3 Å². The van der Waals surface area contributed by atoms with Gasteiger partial charge in [-0.3, -0.25) is 0 Å². The topological polar surface area (TPSA) is 94.2 Å². The van der Waals surface area contributed by atoms with E-state index in [0.717, 1.165) is 29.8 Å². The highest BCUT2D eigenvalue weighted by Crippen LogP contribution is 2.31. The molecular weight excluding hydrogens is 475 g/mol. The molecule has 0 fully saturated rings. The van der Waals surface area contributed by atoms with Crippen molar-refractivity contribution in [3.63, 3.8) is 0 Å². The number of carbonyl (C=O) groups excluding carboxylic acids is 1. The number of hydrogen-bond donors (Lipinski definition) is 1. The van der Waals surface area contributed by atoms with E-state index in [1.807, 2.05) is 25.1 Å². The molecule has 3 rings (SSSR count). The molecule has 2 amide bonds. The predicted octanol–water partition coefficient (Wildman–Crippen LogP) is 4.59. The number of nitrogens with zero attached hydrogens (tertiary/aromatic N) is 1. The van der Waals surface area contributed by atoms with Gasteiger partial charge >= 0.3 is 16.1 Å². The molecule has 186 valence electrons. The van der Waals surface area contributed by atoms with Crippen molar-refractivity contribution in [2.24, 2.45) is 0 Å². The zero-order chi connectivity index (χ0) is 25.4. The summed E-state index contributed by atoms with van der Waals surface area (Å²) in [4.78, 5) is 14.3. The molecule has 0 aliphatic carbocycles. The molecule has 0 aliphatic rings. The van der Waals surface area contributed by atoms with Crippen molar-refractivity contribution in [3.8, 4) is 11.5 Å². The second-order valence-corrected chi connectivity index (χ2v) is 9.18. The fourth-order valence-electron chi connectivity index (χ4n) is 3.23. The molecule has 0 atom stereocenters.